The van der Waals surface area contributed by atoms with Gasteiger partial charge in [-0.15, -0.1) is 0 Å². The van der Waals surface area contributed by atoms with Crippen LogP contribution in [0.4, 0.5) is 10.1 Å². The second-order valence-electron chi connectivity index (χ2n) is 4.10. The molecule has 6 heteroatoms. The van der Waals surface area contributed by atoms with Gasteiger partial charge in [0.05, 0.1) is 9.99 Å². The summed E-state index contributed by atoms with van der Waals surface area (Å²) in [5, 5.41) is 1.67. The lowest BCUT2D eigenvalue weighted by Gasteiger charge is -2.08. The molecule has 2 aromatic carbocycles. The predicted molar refractivity (Wildman–Crippen MR) is 82.2 cm³/mol. The van der Waals surface area contributed by atoms with Crippen molar-refractivity contribution in [3.05, 3.63) is 53.0 Å². The summed E-state index contributed by atoms with van der Waals surface area (Å²) in [5.74, 6) is -0.347. The number of nitrogens with zero attached hydrogens (tertiary/aromatic N) is 2. The van der Waals surface area contributed by atoms with Crippen LogP contribution in [0.25, 0.3) is 10.9 Å². The maximum absolute atomic E-state index is 13.6. The molecule has 0 fully saturated rings. The van der Waals surface area contributed by atoms with Crippen LogP contribution in [0.3, 0.4) is 0 Å². The highest BCUT2D eigenvalue weighted by molar-refractivity contribution is 9.10. The van der Waals surface area contributed by atoms with Gasteiger partial charge < -0.3 is 5.73 Å². The van der Waals surface area contributed by atoms with E-state index in [0.29, 0.717) is 15.1 Å². The van der Waals surface area contributed by atoms with Crippen LogP contribution in [0.2, 0.25) is 0 Å². The van der Waals surface area contributed by atoms with Gasteiger partial charge in [0, 0.05) is 16.0 Å². The van der Waals surface area contributed by atoms with Crippen molar-refractivity contribution in [2.45, 2.75) is 9.92 Å². The molecule has 0 amide bonds. The maximum Gasteiger partial charge on any atom is 0.138 e. The van der Waals surface area contributed by atoms with Gasteiger partial charge in [-0.1, -0.05) is 30.0 Å². The van der Waals surface area contributed by atoms with Gasteiger partial charge in [-0.3, -0.25) is 0 Å². The first-order valence-corrected chi connectivity index (χ1v) is 7.38. The van der Waals surface area contributed by atoms with Crippen LogP contribution < -0.4 is 5.73 Å². The zero-order valence-corrected chi connectivity index (χ0v) is 12.6. The third kappa shape index (κ3) is 2.48. The van der Waals surface area contributed by atoms with Crippen LogP contribution >= 0.6 is 27.7 Å². The summed E-state index contributed by atoms with van der Waals surface area (Å²) < 4.78 is 14.0. The molecule has 0 aliphatic carbocycles. The van der Waals surface area contributed by atoms with E-state index in [4.69, 9.17) is 5.73 Å². The molecule has 1 heterocycles. The van der Waals surface area contributed by atoms with E-state index in [1.54, 1.807) is 6.07 Å². The van der Waals surface area contributed by atoms with Gasteiger partial charge in [-0.25, -0.2) is 14.4 Å². The molecule has 3 nitrogen and oxygen atoms in total. The molecule has 0 atom stereocenters. The van der Waals surface area contributed by atoms with Gasteiger partial charge in [-0.05, 0) is 34.1 Å². The van der Waals surface area contributed by atoms with Gasteiger partial charge in [0.2, 0.25) is 0 Å². The number of nitrogen functional groups attached to an aromatic ring is 1. The fraction of sp³-hybridized carbons (Fsp3) is 0. The molecule has 0 saturated carbocycles. The van der Waals surface area contributed by atoms with Crippen molar-refractivity contribution in [2.75, 3.05) is 5.73 Å². The number of hydrogen-bond donors (Lipinski definition) is 1. The zero-order valence-electron chi connectivity index (χ0n) is 10.2. The lowest BCUT2D eigenvalue weighted by atomic mass is 10.2. The molecule has 0 aliphatic rings. The quantitative estimate of drug-likeness (QED) is 0.554. The number of para-hydroxylation sites is 1. The molecular formula is C14H9BrFN3S. The third-order valence-electron chi connectivity index (χ3n) is 2.77. The first-order valence-electron chi connectivity index (χ1n) is 5.77. The van der Waals surface area contributed by atoms with E-state index in [0.717, 1.165) is 15.9 Å². The lowest BCUT2D eigenvalue weighted by molar-refractivity contribution is 0.618. The van der Waals surface area contributed by atoms with Gasteiger partial charge in [0.25, 0.3) is 0 Å². The Kier molecular flexibility index (Phi) is 3.58. The molecule has 0 saturated heterocycles. The first kappa shape index (κ1) is 13.3. The number of hydrogen-bond acceptors (Lipinski definition) is 4. The highest BCUT2D eigenvalue weighted by atomic mass is 79.9. The Bertz CT molecular complexity index is 789. The second kappa shape index (κ2) is 5.38. The number of halogens is 2. The topological polar surface area (TPSA) is 51.8 Å². The summed E-state index contributed by atoms with van der Waals surface area (Å²) in [6.07, 6.45) is 1.50. The Balaban J connectivity index is 2.08. The smallest absolute Gasteiger partial charge is 0.138 e. The van der Waals surface area contributed by atoms with Gasteiger partial charge in [0.1, 0.15) is 17.2 Å². The highest BCUT2D eigenvalue weighted by Gasteiger charge is 2.10. The summed E-state index contributed by atoms with van der Waals surface area (Å²) in [4.78, 5) is 9.09. The number of anilines is 1. The average Bonchev–Trinajstić information content (AvgIpc) is 2.45. The van der Waals surface area contributed by atoms with E-state index in [1.807, 2.05) is 24.3 Å². The monoisotopic (exact) mass is 349 g/mol. The summed E-state index contributed by atoms with van der Waals surface area (Å²) in [6.45, 7) is 0. The maximum atomic E-state index is 13.6. The predicted octanol–water partition coefficient (Wildman–Crippen LogP) is 4.26. The lowest BCUT2D eigenvalue weighted by Crippen LogP contribution is -1.92. The van der Waals surface area contributed by atoms with Crippen LogP contribution in [0.15, 0.2) is 57.1 Å². The van der Waals surface area contributed by atoms with Crippen LogP contribution in [-0.2, 0) is 0 Å². The third-order valence-corrected chi connectivity index (χ3v) is 4.47. The number of aromatic nitrogens is 2. The molecule has 0 bridgehead atoms. The summed E-state index contributed by atoms with van der Waals surface area (Å²) in [5.41, 5.74) is 7.28. The summed E-state index contributed by atoms with van der Waals surface area (Å²) in [7, 11) is 0. The first-order chi connectivity index (χ1) is 9.65. The molecule has 2 N–H and O–H groups in total. The van der Waals surface area contributed by atoms with Crippen molar-refractivity contribution in [1.82, 2.24) is 9.97 Å². The Morgan fingerprint density at radius 1 is 1.15 bits per heavy atom. The molecule has 100 valence electrons. The van der Waals surface area contributed by atoms with E-state index in [1.165, 1.54) is 24.2 Å². The molecule has 3 rings (SSSR count). The molecule has 0 unspecified atom stereocenters. The van der Waals surface area contributed by atoms with Gasteiger partial charge >= 0.3 is 0 Å². The minimum absolute atomic E-state index is 0.347. The Morgan fingerprint density at radius 2 is 1.95 bits per heavy atom. The molecular weight excluding hydrogens is 341 g/mol. The fourth-order valence-corrected chi connectivity index (χ4v) is 3.09. The van der Waals surface area contributed by atoms with Crippen molar-refractivity contribution in [2.24, 2.45) is 0 Å². The van der Waals surface area contributed by atoms with Crippen LogP contribution in [0.1, 0.15) is 0 Å². The number of nitrogens with two attached hydrogens (primary N) is 1. The van der Waals surface area contributed by atoms with E-state index in [-0.39, 0.29) is 5.82 Å². The van der Waals surface area contributed by atoms with Gasteiger partial charge in [-0.2, -0.15) is 0 Å². The molecule has 20 heavy (non-hydrogen) atoms. The number of fused-ring (bicyclic) bond motifs is 1. The summed E-state index contributed by atoms with van der Waals surface area (Å²) in [6, 6.07) is 10.6. The molecule has 0 aliphatic heterocycles. The van der Waals surface area contributed by atoms with Crippen molar-refractivity contribution < 1.29 is 4.39 Å². The molecule has 3 aromatic rings. The standard InChI is InChI=1S/C14H9BrFN3S/c15-9-5-11(17)13(6-10(9)16)20-14-8-3-1-2-4-12(8)18-7-19-14/h1-7H,17H2. The highest BCUT2D eigenvalue weighted by Crippen LogP contribution is 2.36. The average molecular weight is 350 g/mol. The Morgan fingerprint density at radius 3 is 2.80 bits per heavy atom. The second-order valence-corrected chi connectivity index (χ2v) is 5.99. The normalized spacial score (nSPS) is 10.9. The molecule has 0 spiro atoms. The molecule has 1 aromatic heterocycles. The Hall–Kier alpha value is -1.66. The van der Waals surface area contributed by atoms with Crippen LogP contribution in [0.5, 0.6) is 0 Å². The van der Waals surface area contributed by atoms with E-state index >= 15 is 0 Å². The zero-order chi connectivity index (χ0) is 14.1. The van der Waals surface area contributed by atoms with Crippen molar-refractivity contribution in [3.63, 3.8) is 0 Å². The largest absolute Gasteiger partial charge is 0.398 e. The van der Waals surface area contributed by atoms with Crippen LogP contribution in [0, 0.1) is 5.82 Å². The summed E-state index contributed by atoms with van der Waals surface area (Å²) >= 11 is 4.45. The molecule has 0 radical (unpaired) electrons. The minimum Gasteiger partial charge on any atom is -0.398 e. The number of rotatable bonds is 2. The van der Waals surface area contributed by atoms with E-state index in [2.05, 4.69) is 25.9 Å². The van der Waals surface area contributed by atoms with Crippen molar-refractivity contribution >= 4 is 44.3 Å². The fourth-order valence-electron chi connectivity index (χ4n) is 1.80. The van der Waals surface area contributed by atoms with E-state index < -0.39 is 0 Å². The SMILES string of the molecule is Nc1cc(Br)c(F)cc1Sc1ncnc2ccccc12. The number of benzene rings is 2. The Labute approximate surface area is 127 Å². The van der Waals surface area contributed by atoms with Crippen molar-refractivity contribution in [1.29, 1.82) is 0 Å². The van der Waals surface area contributed by atoms with Crippen molar-refractivity contribution in [3.8, 4) is 0 Å². The van der Waals surface area contributed by atoms with Gasteiger partial charge in [0.15, 0.2) is 0 Å². The van der Waals surface area contributed by atoms with E-state index in [9.17, 15) is 4.39 Å². The van der Waals surface area contributed by atoms with Crippen LogP contribution in [-0.4, -0.2) is 9.97 Å². The minimum atomic E-state index is -0.347.